The van der Waals surface area contributed by atoms with Crippen molar-refractivity contribution >= 4 is 11.6 Å². The molecule has 3 N–H and O–H groups in total. The van der Waals surface area contributed by atoms with E-state index >= 15 is 0 Å². The molecule has 1 atom stereocenters. The molecule has 0 aliphatic heterocycles. The molecule has 0 spiro atoms. The predicted molar refractivity (Wildman–Crippen MR) is 56.8 cm³/mol. The minimum Gasteiger partial charge on any atom is -0.495 e. The Morgan fingerprint density at radius 1 is 1.57 bits per heavy atom. The largest absolute Gasteiger partial charge is 0.495 e. The molecule has 0 radical (unpaired) electrons. The molecule has 0 bridgehead atoms. The van der Waals surface area contributed by atoms with Crippen LogP contribution in [-0.4, -0.2) is 18.8 Å². The number of aliphatic hydroxyl groups excluding tert-OH is 1. The highest BCUT2D eigenvalue weighted by Gasteiger charge is 2.14. The molecule has 1 unspecified atom stereocenters. The lowest BCUT2D eigenvalue weighted by atomic mass is 10.1. The van der Waals surface area contributed by atoms with Gasteiger partial charge in [0.1, 0.15) is 5.75 Å². The molecule has 4 heteroatoms. The molecule has 0 saturated heterocycles. The van der Waals surface area contributed by atoms with Gasteiger partial charge in [0, 0.05) is 12.1 Å². The van der Waals surface area contributed by atoms with E-state index in [2.05, 4.69) is 0 Å². The molecule has 0 amide bonds. The topological polar surface area (TPSA) is 55.5 Å². The van der Waals surface area contributed by atoms with Gasteiger partial charge in [0.25, 0.3) is 0 Å². The number of nitrogens with two attached hydrogens (primary N) is 1. The maximum absolute atomic E-state index is 9.56. The summed E-state index contributed by atoms with van der Waals surface area (Å²) in [5.74, 6) is 0.594. The number of benzene rings is 1. The standard InChI is InChI=1S/C10H14ClNO2/c1-6-3-4-7(8(13)5-12)9(11)10(6)14-2/h3-4,8,13H,5,12H2,1-2H3. The van der Waals surface area contributed by atoms with Crippen molar-refractivity contribution in [1.29, 1.82) is 0 Å². The molecule has 0 saturated carbocycles. The summed E-state index contributed by atoms with van der Waals surface area (Å²) >= 11 is 6.05. The van der Waals surface area contributed by atoms with E-state index in [-0.39, 0.29) is 6.54 Å². The van der Waals surface area contributed by atoms with Crippen molar-refractivity contribution in [3.8, 4) is 5.75 Å². The average molecular weight is 216 g/mol. The van der Waals surface area contributed by atoms with Gasteiger partial charge < -0.3 is 15.6 Å². The fourth-order valence-electron chi connectivity index (χ4n) is 1.30. The van der Waals surface area contributed by atoms with Crippen LogP contribution in [0.15, 0.2) is 12.1 Å². The molecule has 0 fully saturated rings. The van der Waals surface area contributed by atoms with E-state index in [1.165, 1.54) is 0 Å². The van der Waals surface area contributed by atoms with Crippen molar-refractivity contribution in [3.63, 3.8) is 0 Å². The number of hydrogen-bond acceptors (Lipinski definition) is 3. The highest BCUT2D eigenvalue weighted by molar-refractivity contribution is 6.33. The van der Waals surface area contributed by atoms with E-state index < -0.39 is 6.10 Å². The highest BCUT2D eigenvalue weighted by Crippen LogP contribution is 2.34. The van der Waals surface area contributed by atoms with Gasteiger partial charge in [-0.15, -0.1) is 0 Å². The summed E-state index contributed by atoms with van der Waals surface area (Å²) in [7, 11) is 1.55. The van der Waals surface area contributed by atoms with Gasteiger partial charge in [0.2, 0.25) is 0 Å². The summed E-state index contributed by atoms with van der Waals surface area (Å²) in [5, 5.41) is 9.99. The third kappa shape index (κ3) is 2.00. The summed E-state index contributed by atoms with van der Waals surface area (Å²) in [6.07, 6.45) is -0.739. The van der Waals surface area contributed by atoms with Gasteiger partial charge in [0.05, 0.1) is 18.2 Å². The van der Waals surface area contributed by atoms with Crippen LogP contribution in [0, 0.1) is 6.92 Å². The third-order valence-corrected chi connectivity index (χ3v) is 2.50. The van der Waals surface area contributed by atoms with Crippen molar-refractivity contribution in [2.45, 2.75) is 13.0 Å². The molecule has 3 nitrogen and oxygen atoms in total. The van der Waals surface area contributed by atoms with Crippen LogP contribution in [0.4, 0.5) is 0 Å². The zero-order chi connectivity index (χ0) is 10.7. The first-order valence-corrected chi connectivity index (χ1v) is 4.70. The lowest BCUT2D eigenvalue weighted by Gasteiger charge is -2.14. The second-order valence-electron chi connectivity index (χ2n) is 3.07. The van der Waals surface area contributed by atoms with Gasteiger partial charge in [-0.3, -0.25) is 0 Å². The quantitative estimate of drug-likeness (QED) is 0.806. The van der Waals surface area contributed by atoms with E-state index in [4.69, 9.17) is 22.1 Å². The van der Waals surface area contributed by atoms with E-state index in [9.17, 15) is 5.11 Å². The Balaban J connectivity index is 3.21. The number of hydrogen-bond donors (Lipinski definition) is 2. The van der Waals surface area contributed by atoms with Crippen LogP contribution in [0.1, 0.15) is 17.2 Å². The van der Waals surface area contributed by atoms with Crippen molar-refractivity contribution in [1.82, 2.24) is 0 Å². The van der Waals surface area contributed by atoms with Crippen LogP contribution in [0.5, 0.6) is 5.75 Å². The van der Waals surface area contributed by atoms with Crippen molar-refractivity contribution in [2.75, 3.05) is 13.7 Å². The van der Waals surface area contributed by atoms with Gasteiger partial charge in [-0.25, -0.2) is 0 Å². The molecular formula is C10H14ClNO2. The molecule has 78 valence electrons. The van der Waals surface area contributed by atoms with Crippen molar-refractivity contribution in [2.24, 2.45) is 5.73 Å². The normalized spacial score (nSPS) is 12.6. The van der Waals surface area contributed by atoms with E-state index in [1.807, 2.05) is 13.0 Å². The first kappa shape index (κ1) is 11.3. The van der Waals surface area contributed by atoms with Crippen LogP contribution in [-0.2, 0) is 0 Å². The SMILES string of the molecule is COc1c(C)ccc(C(O)CN)c1Cl. The van der Waals surface area contributed by atoms with Crippen molar-refractivity contribution < 1.29 is 9.84 Å². The Morgan fingerprint density at radius 3 is 2.71 bits per heavy atom. The summed E-state index contributed by atoms with van der Waals surface area (Å²) in [6, 6.07) is 3.61. The minimum absolute atomic E-state index is 0.145. The van der Waals surface area contributed by atoms with Crippen LogP contribution in [0.25, 0.3) is 0 Å². The van der Waals surface area contributed by atoms with Gasteiger partial charge in [-0.1, -0.05) is 23.7 Å². The number of aryl methyl sites for hydroxylation is 1. The molecule has 1 rings (SSSR count). The van der Waals surface area contributed by atoms with Gasteiger partial charge in [0.15, 0.2) is 0 Å². The van der Waals surface area contributed by atoms with Crippen LogP contribution in [0.3, 0.4) is 0 Å². The third-order valence-electron chi connectivity index (χ3n) is 2.11. The summed E-state index contributed by atoms with van der Waals surface area (Å²) in [6.45, 7) is 2.04. The van der Waals surface area contributed by atoms with E-state index in [0.29, 0.717) is 16.3 Å². The first-order valence-electron chi connectivity index (χ1n) is 4.33. The predicted octanol–water partition coefficient (Wildman–Crippen LogP) is 1.65. The number of halogens is 1. The fraction of sp³-hybridized carbons (Fsp3) is 0.400. The molecular weight excluding hydrogens is 202 g/mol. The lowest BCUT2D eigenvalue weighted by molar-refractivity contribution is 0.186. The Morgan fingerprint density at radius 2 is 2.21 bits per heavy atom. The summed E-state index contributed by atoms with van der Waals surface area (Å²) in [5.41, 5.74) is 6.90. The van der Waals surface area contributed by atoms with Gasteiger partial charge in [-0.2, -0.15) is 0 Å². The average Bonchev–Trinajstić information content (AvgIpc) is 2.18. The second-order valence-corrected chi connectivity index (χ2v) is 3.45. The molecule has 14 heavy (non-hydrogen) atoms. The number of ether oxygens (including phenoxy) is 1. The van der Waals surface area contributed by atoms with Crippen LogP contribution in [0.2, 0.25) is 5.02 Å². The van der Waals surface area contributed by atoms with E-state index in [0.717, 1.165) is 5.56 Å². The van der Waals surface area contributed by atoms with Crippen LogP contribution < -0.4 is 10.5 Å². The van der Waals surface area contributed by atoms with Gasteiger partial charge >= 0.3 is 0 Å². The first-order chi connectivity index (χ1) is 6.61. The Kier molecular flexibility index (Phi) is 3.75. The summed E-state index contributed by atoms with van der Waals surface area (Å²) < 4.78 is 5.13. The second kappa shape index (κ2) is 4.64. The number of aliphatic hydroxyl groups is 1. The lowest BCUT2D eigenvalue weighted by Crippen LogP contribution is -2.12. The smallest absolute Gasteiger partial charge is 0.140 e. The number of methoxy groups -OCH3 is 1. The molecule has 1 aromatic carbocycles. The van der Waals surface area contributed by atoms with E-state index in [1.54, 1.807) is 13.2 Å². The Bertz CT molecular complexity index is 328. The van der Waals surface area contributed by atoms with Crippen LogP contribution >= 0.6 is 11.6 Å². The van der Waals surface area contributed by atoms with Crippen molar-refractivity contribution in [3.05, 3.63) is 28.3 Å². The molecule has 0 heterocycles. The number of rotatable bonds is 3. The molecule has 0 aromatic heterocycles. The zero-order valence-corrected chi connectivity index (χ0v) is 9.01. The Hall–Kier alpha value is -0.770. The Labute approximate surface area is 88.4 Å². The monoisotopic (exact) mass is 215 g/mol. The maximum Gasteiger partial charge on any atom is 0.140 e. The zero-order valence-electron chi connectivity index (χ0n) is 8.25. The fourth-order valence-corrected chi connectivity index (χ4v) is 1.72. The maximum atomic E-state index is 9.56. The molecule has 1 aromatic rings. The molecule has 0 aliphatic carbocycles. The molecule has 0 aliphatic rings. The highest BCUT2D eigenvalue weighted by atomic mass is 35.5. The summed E-state index contributed by atoms with van der Waals surface area (Å²) in [4.78, 5) is 0. The van der Waals surface area contributed by atoms with Gasteiger partial charge in [-0.05, 0) is 12.5 Å². The minimum atomic E-state index is -0.739.